The van der Waals surface area contributed by atoms with Gasteiger partial charge in [0.2, 0.25) is 0 Å². The summed E-state index contributed by atoms with van der Waals surface area (Å²) in [5.74, 6) is 0.793. The van der Waals surface area contributed by atoms with Crippen molar-refractivity contribution < 1.29 is 0 Å². The first-order valence-corrected chi connectivity index (χ1v) is 8.73. The molecule has 1 aliphatic rings. The lowest BCUT2D eigenvalue weighted by Crippen LogP contribution is -2.38. The Balaban J connectivity index is 1.94. The lowest BCUT2D eigenvalue weighted by Gasteiger charge is -2.30. The van der Waals surface area contributed by atoms with Crippen LogP contribution in [0.1, 0.15) is 31.7 Å². The normalized spacial score (nSPS) is 19.5. The molecule has 1 unspecified atom stereocenters. The van der Waals surface area contributed by atoms with Gasteiger partial charge < -0.3 is 5.32 Å². The van der Waals surface area contributed by atoms with E-state index in [4.69, 9.17) is 11.6 Å². The molecule has 1 atom stereocenters. The lowest BCUT2D eigenvalue weighted by molar-refractivity contribution is 0.201. The molecule has 2 rings (SSSR count). The Kier molecular flexibility index (Phi) is 6.82. The van der Waals surface area contributed by atoms with Crippen molar-refractivity contribution in [1.29, 1.82) is 0 Å². The summed E-state index contributed by atoms with van der Waals surface area (Å²) < 4.78 is 0.974. The van der Waals surface area contributed by atoms with Gasteiger partial charge in [0.25, 0.3) is 0 Å². The molecule has 0 aliphatic carbocycles. The van der Waals surface area contributed by atoms with Gasteiger partial charge in [-0.2, -0.15) is 0 Å². The van der Waals surface area contributed by atoms with Crippen molar-refractivity contribution in [2.24, 2.45) is 5.92 Å². The topological polar surface area (TPSA) is 15.3 Å². The molecule has 0 radical (unpaired) electrons. The number of hydrogen-bond donors (Lipinski definition) is 1. The quantitative estimate of drug-likeness (QED) is 0.814. The summed E-state index contributed by atoms with van der Waals surface area (Å²) in [5.41, 5.74) is 1.30. The number of rotatable bonds is 6. The van der Waals surface area contributed by atoms with Crippen molar-refractivity contribution in [3.05, 3.63) is 33.3 Å². The van der Waals surface area contributed by atoms with Crippen LogP contribution in [0.25, 0.3) is 0 Å². The zero-order chi connectivity index (χ0) is 14.4. The van der Waals surface area contributed by atoms with E-state index in [1.807, 2.05) is 6.07 Å². The lowest BCUT2D eigenvalue weighted by atomic mass is 9.98. The number of benzene rings is 1. The van der Waals surface area contributed by atoms with Gasteiger partial charge in [-0.05, 0) is 78.4 Å². The average Bonchev–Trinajstić information content (AvgIpc) is 2.44. The summed E-state index contributed by atoms with van der Waals surface area (Å²) in [6.07, 6.45) is 3.87. The molecule has 1 aromatic rings. The Bertz CT molecular complexity index is 419. The first-order valence-electron chi connectivity index (χ1n) is 7.56. The highest BCUT2D eigenvalue weighted by atomic mass is 79.9. The van der Waals surface area contributed by atoms with Crippen LogP contribution < -0.4 is 5.32 Å². The third kappa shape index (κ3) is 5.03. The van der Waals surface area contributed by atoms with E-state index in [0.29, 0.717) is 0 Å². The minimum Gasteiger partial charge on any atom is -0.316 e. The molecule has 1 aromatic carbocycles. The highest BCUT2D eigenvalue weighted by Gasteiger charge is 2.17. The standard InChI is InChI=1S/C16H24BrClN2/c1-2-8-20(12-14-4-3-7-19-10-14)11-13-5-6-15(17)16(18)9-13/h5-6,9,14,19H,2-4,7-8,10-12H2,1H3. The maximum Gasteiger partial charge on any atom is 0.0551 e. The highest BCUT2D eigenvalue weighted by Crippen LogP contribution is 2.24. The van der Waals surface area contributed by atoms with E-state index >= 15 is 0 Å². The van der Waals surface area contributed by atoms with Crippen LogP contribution in [0.3, 0.4) is 0 Å². The summed E-state index contributed by atoms with van der Waals surface area (Å²) >= 11 is 9.64. The zero-order valence-corrected chi connectivity index (χ0v) is 14.5. The SMILES string of the molecule is CCCN(Cc1ccc(Br)c(Cl)c1)CC1CCCNC1. The molecule has 20 heavy (non-hydrogen) atoms. The monoisotopic (exact) mass is 358 g/mol. The van der Waals surface area contributed by atoms with Gasteiger partial charge in [-0.15, -0.1) is 0 Å². The van der Waals surface area contributed by atoms with Crippen molar-refractivity contribution in [2.45, 2.75) is 32.7 Å². The van der Waals surface area contributed by atoms with E-state index in [-0.39, 0.29) is 0 Å². The summed E-state index contributed by atoms with van der Waals surface area (Å²) in [5, 5.41) is 4.31. The van der Waals surface area contributed by atoms with Gasteiger partial charge in [-0.3, -0.25) is 4.90 Å². The molecule has 1 N–H and O–H groups in total. The second-order valence-electron chi connectivity index (χ2n) is 5.70. The summed E-state index contributed by atoms with van der Waals surface area (Å²) in [6, 6.07) is 6.29. The number of piperidine rings is 1. The fraction of sp³-hybridized carbons (Fsp3) is 0.625. The molecule has 0 bridgehead atoms. The van der Waals surface area contributed by atoms with E-state index < -0.39 is 0 Å². The van der Waals surface area contributed by atoms with Crippen LogP contribution in [-0.4, -0.2) is 31.1 Å². The molecular formula is C16H24BrClN2. The molecule has 4 heteroatoms. The Morgan fingerprint density at radius 3 is 2.95 bits per heavy atom. The highest BCUT2D eigenvalue weighted by molar-refractivity contribution is 9.10. The second-order valence-corrected chi connectivity index (χ2v) is 6.96. The molecular weight excluding hydrogens is 336 g/mol. The van der Waals surface area contributed by atoms with Gasteiger partial charge in [-0.1, -0.05) is 24.6 Å². The fourth-order valence-electron chi connectivity index (χ4n) is 2.89. The van der Waals surface area contributed by atoms with Crippen LogP contribution in [0, 0.1) is 5.92 Å². The zero-order valence-electron chi connectivity index (χ0n) is 12.2. The van der Waals surface area contributed by atoms with Gasteiger partial charge in [0.15, 0.2) is 0 Å². The largest absolute Gasteiger partial charge is 0.316 e. The van der Waals surface area contributed by atoms with Crippen molar-refractivity contribution >= 4 is 27.5 Å². The predicted octanol–water partition coefficient (Wildman–Crippen LogP) is 4.31. The van der Waals surface area contributed by atoms with E-state index in [2.05, 4.69) is 45.2 Å². The number of nitrogens with one attached hydrogen (secondary N) is 1. The molecule has 1 saturated heterocycles. The summed E-state index contributed by atoms with van der Waals surface area (Å²) in [6.45, 7) is 7.95. The number of halogens is 2. The van der Waals surface area contributed by atoms with E-state index in [1.165, 1.54) is 44.5 Å². The van der Waals surface area contributed by atoms with Crippen molar-refractivity contribution in [2.75, 3.05) is 26.2 Å². The molecule has 0 aromatic heterocycles. The third-order valence-corrected chi connectivity index (χ3v) is 5.08. The summed E-state index contributed by atoms with van der Waals surface area (Å²) in [4.78, 5) is 2.57. The van der Waals surface area contributed by atoms with Crippen molar-refractivity contribution in [3.8, 4) is 0 Å². The minimum atomic E-state index is 0.793. The van der Waals surface area contributed by atoms with E-state index in [1.54, 1.807) is 0 Å². The first-order chi connectivity index (χ1) is 9.69. The average molecular weight is 360 g/mol. The van der Waals surface area contributed by atoms with Gasteiger partial charge in [-0.25, -0.2) is 0 Å². The molecule has 0 spiro atoms. The molecule has 0 amide bonds. The van der Waals surface area contributed by atoms with E-state index in [0.717, 1.165) is 28.5 Å². The molecule has 1 heterocycles. The third-order valence-electron chi connectivity index (χ3n) is 3.85. The maximum absolute atomic E-state index is 6.19. The Morgan fingerprint density at radius 2 is 2.30 bits per heavy atom. The van der Waals surface area contributed by atoms with Gasteiger partial charge in [0, 0.05) is 17.6 Å². The molecule has 112 valence electrons. The van der Waals surface area contributed by atoms with Crippen molar-refractivity contribution in [3.63, 3.8) is 0 Å². The first kappa shape index (κ1) is 16.3. The predicted molar refractivity (Wildman–Crippen MR) is 90.3 cm³/mol. The molecule has 2 nitrogen and oxygen atoms in total. The van der Waals surface area contributed by atoms with E-state index in [9.17, 15) is 0 Å². The van der Waals surface area contributed by atoms with Crippen LogP contribution in [-0.2, 0) is 6.54 Å². The maximum atomic E-state index is 6.19. The van der Waals surface area contributed by atoms with Crippen molar-refractivity contribution in [1.82, 2.24) is 10.2 Å². The van der Waals surface area contributed by atoms with Crippen LogP contribution in [0.2, 0.25) is 5.02 Å². The Hall–Kier alpha value is -0.0900. The molecule has 1 fully saturated rings. The smallest absolute Gasteiger partial charge is 0.0551 e. The van der Waals surface area contributed by atoms with Crippen LogP contribution in [0.15, 0.2) is 22.7 Å². The molecule has 0 saturated carbocycles. The van der Waals surface area contributed by atoms with Gasteiger partial charge in [0.05, 0.1) is 5.02 Å². The fourth-order valence-corrected chi connectivity index (χ4v) is 3.34. The van der Waals surface area contributed by atoms with Crippen LogP contribution in [0.5, 0.6) is 0 Å². The summed E-state index contributed by atoms with van der Waals surface area (Å²) in [7, 11) is 0. The van der Waals surface area contributed by atoms with Crippen LogP contribution >= 0.6 is 27.5 Å². The number of hydrogen-bond acceptors (Lipinski definition) is 2. The number of nitrogens with zero attached hydrogens (tertiary/aromatic N) is 1. The Morgan fingerprint density at radius 1 is 1.45 bits per heavy atom. The van der Waals surface area contributed by atoms with Gasteiger partial charge in [0.1, 0.15) is 0 Å². The van der Waals surface area contributed by atoms with Gasteiger partial charge >= 0.3 is 0 Å². The minimum absolute atomic E-state index is 0.793. The second kappa shape index (κ2) is 8.38. The Labute approximate surface area is 136 Å². The van der Waals surface area contributed by atoms with Crippen LogP contribution in [0.4, 0.5) is 0 Å². The molecule has 1 aliphatic heterocycles.